The van der Waals surface area contributed by atoms with Crippen LogP contribution in [0.3, 0.4) is 0 Å². The van der Waals surface area contributed by atoms with Crippen LogP contribution in [-0.2, 0) is 0 Å². The van der Waals surface area contributed by atoms with E-state index in [9.17, 15) is 4.79 Å². The number of amides is 1. The largest absolute Gasteiger partial charge is 0.494 e. The van der Waals surface area contributed by atoms with E-state index in [1.54, 1.807) is 0 Å². The van der Waals surface area contributed by atoms with Gasteiger partial charge in [-0.25, -0.2) is 4.98 Å². The molecule has 4 N–H and O–H groups in total. The molecule has 6 heteroatoms. The van der Waals surface area contributed by atoms with Gasteiger partial charge < -0.3 is 20.8 Å². The van der Waals surface area contributed by atoms with Gasteiger partial charge >= 0.3 is 0 Å². The van der Waals surface area contributed by atoms with Crippen molar-refractivity contribution in [2.45, 2.75) is 13.8 Å². The van der Waals surface area contributed by atoms with Gasteiger partial charge in [-0.3, -0.25) is 4.79 Å². The van der Waals surface area contributed by atoms with Crippen LogP contribution in [0.4, 0.5) is 0 Å². The van der Waals surface area contributed by atoms with Crippen molar-refractivity contribution >= 4 is 27.7 Å². The molecule has 0 saturated heterocycles. The second-order valence-corrected chi connectivity index (χ2v) is 6.95. The van der Waals surface area contributed by atoms with Crippen LogP contribution in [0.1, 0.15) is 23.0 Å². The third kappa shape index (κ3) is 3.67. The van der Waals surface area contributed by atoms with E-state index in [4.69, 9.17) is 15.5 Å². The topological polar surface area (TPSA) is 93.0 Å². The average Bonchev–Trinajstić information content (AvgIpc) is 3.10. The maximum atomic E-state index is 12.6. The number of hydrogen-bond donors (Lipinski definition) is 3. The Morgan fingerprint density at radius 1 is 1.14 bits per heavy atom. The zero-order valence-corrected chi connectivity index (χ0v) is 16.6. The third-order valence-corrected chi connectivity index (χ3v) is 4.85. The number of aromatic amines is 1. The second-order valence-electron chi connectivity index (χ2n) is 6.95. The Kier molecular flexibility index (Phi) is 5.18. The molecule has 1 amide bonds. The molecule has 2 heterocycles. The standard InChI is InChI=1S/C23H24N4O2/c1-3-29-16-7-5-15(6-8-16)21-22-18(13-20(27-21)23(28)25-11-10-24)17-12-14(2)4-9-19(17)26-22/h4-9,12-13,26H,3,10-11,24H2,1-2H3,(H,25,28). The summed E-state index contributed by atoms with van der Waals surface area (Å²) < 4.78 is 5.55. The number of nitrogens with one attached hydrogen (secondary N) is 2. The summed E-state index contributed by atoms with van der Waals surface area (Å²) in [5, 5.41) is 4.86. The van der Waals surface area contributed by atoms with Gasteiger partial charge in [0.15, 0.2) is 0 Å². The lowest BCUT2D eigenvalue weighted by atomic mass is 10.1. The summed E-state index contributed by atoms with van der Waals surface area (Å²) >= 11 is 0. The smallest absolute Gasteiger partial charge is 0.269 e. The number of benzene rings is 2. The van der Waals surface area contributed by atoms with Crippen molar-refractivity contribution in [3.05, 3.63) is 59.8 Å². The Bertz CT molecular complexity index is 1180. The zero-order valence-electron chi connectivity index (χ0n) is 16.6. The van der Waals surface area contributed by atoms with Gasteiger partial charge in [0, 0.05) is 34.9 Å². The maximum absolute atomic E-state index is 12.6. The van der Waals surface area contributed by atoms with Crippen molar-refractivity contribution in [1.29, 1.82) is 0 Å². The number of nitrogens with two attached hydrogens (primary N) is 1. The average molecular weight is 388 g/mol. The molecule has 0 saturated carbocycles. The minimum Gasteiger partial charge on any atom is -0.494 e. The van der Waals surface area contributed by atoms with Crippen molar-refractivity contribution in [3.8, 4) is 17.0 Å². The first-order valence-electron chi connectivity index (χ1n) is 9.75. The van der Waals surface area contributed by atoms with Gasteiger partial charge in [0.2, 0.25) is 0 Å². The number of aromatic nitrogens is 2. The first-order valence-corrected chi connectivity index (χ1v) is 9.75. The molecule has 0 aliphatic carbocycles. The number of H-pyrrole nitrogens is 1. The number of carbonyl (C=O) groups excluding carboxylic acids is 1. The van der Waals surface area contributed by atoms with Crippen LogP contribution in [0, 0.1) is 6.92 Å². The predicted molar refractivity (Wildman–Crippen MR) is 116 cm³/mol. The summed E-state index contributed by atoms with van der Waals surface area (Å²) in [7, 11) is 0. The lowest BCUT2D eigenvalue weighted by Gasteiger charge is -2.09. The van der Waals surface area contributed by atoms with Crippen molar-refractivity contribution < 1.29 is 9.53 Å². The minimum absolute atomic E-state index is 0.230. The van der Waals surface area contributed by atoms with Crippen LogP contribution in [0.15, 0.2) is 48.5 Å². The lowest BCUT2D eigenvalue weighted by Crippen LogP contribution is -2.29. The zero-order chi connectivity index (χ0) is 20.4. The van der Waals surface area contributed by atoms with E-state index in [0.29, 0.717) is 25.4 Å². The summed E-state index contributed by atoms with van der Waals surface area (Å²) in [6, 6.07) is 15.9. The van der Waals surface area contributed by atoms with E-state index in [1.165, 1.54) is 0 Å². The molecule has 148 valence electrons. The van der Waals surface area contributed by atoms with Crippen LogP contribution in [0.2, 0.25) is 0 Å². The molecule has 29 heavy (non-hydrogen) atoms. The van der Waals surface area contributed by atoms with Crippen LogP contribution < -0.4 is 15.8 Å². The van der Waals surface area contributed by atoms with Crippen molar-refractivity contribution in [2.24, 2.45) is 5.73 Å². The summed E-state index contributed by atoms with van der Waals surface area (Å²) in [5.41, 5.74) is 10.6. The SMILES string of the molecule is CCOc1ccc(-c2nc(C(=O)NCCN)cc3c2[nH]c2ccc(C)cc23)cc1. The molecule has 0 atom stereocenters. The number of ether oxygens (including phenoxy) is 1. The summed E-state index contributed by atoms with van der Waals surface area (Å²) in [4.78, 5) is 20.8. The monoisotopic (exact) mass is 388 g/mol. The fourth-order valence-corrected chi connectivity index (χ4v) is 3.49. The molecule has 0 spiro atoms. The van der Waals surface area contributed by atoms with Gasteiger partial charge in [-0.2, -0.15) is 0 Å². The minimum atomic E-state index is -0.230. The number of nitrogens with zero attached hydrogens (tertiary/aromatic N) is 1. The molecule has 4 rings (SSSR count). The number of rotatable bonds is 6. The van der Waals surface area contributed by atoms with Crippen LogP contribution in [-0.4, -0.2) is 35.6 Å². The van der Waals surface area contributed by atoms with Crippen molar-refractivity contribution in [3.63, 3.8) is 0 Å². The highest BCUT2D eigenvalue weighted by Crippen LogP contribution is 2.33. The Labute approximate surface area is 169 Å². The Morgan fingerprint density at radius 2 is 1.93 bits per heavy atom. The number of fused-ring (bicyclic) bond motifs is 3. The van der Waals surface area contributed by atoms with Gasteiger partial charge in [0.25, 0.3) is 5.91 Å². The van der Waals surface area contributed by atoms with Crippen molar-refractivity contribution in [1.82, 2.24) is 15.3 Å². The molecule has 0 aliphatic rings. The first kappa shape index (κ1) is 19.0. The molecule has 2 aromatic carbocycles. The van der Waals surface area contributed by atoms with E-state index < -0.39 is 0 Å². The molecule has 0 bridgehead atoms. The van der Waals surface area contributed by atoms with Crippen LogP contribution in [0.5, 0.6) is 5.75 Å². The van der Waals surface area contributed by atoms with E-state index in [2.05, 4.69) is 35.4 Å². The molecule has 0 unspecified atom stereocenters. The number of hydrogen-bond acceptors (Lipinski definition) is 4. The third-order valence-electron chi connectivity index (χ3n) is 4.85. The first-order chi connectivity index (χ1) is 14.1. The highest BCUT2D eigenvalue weighted by atomic mass is 16.5. The Balaban J connectivity index is 1.92. The van der Waals surface area contributed by atoms with Gasteiger partial charge in [0.1, 0.15) is 11.4 Å². The van der Waals surface area contributed by atoms with E-state index >= 15 is 0 Å². The van der Waals surface area contributed by atoms with Gasteiger partial charge in [0.05, 0.1) is 17.8 Å². The predicted octanol–water partition coefficient (Wildman–Crippen LogP) is 3.78. The maximum Gasteiger partial charge on any atom is 0.269 e. The summed E-state index contributed by atoms with van der Waals surface area (Å²) in [6.45, 7) is 5.41. The highest BCUT2D eigenvalue weighted by molar-refractivity contribution is 6.13. The normalized spacial score (nSPS) is 11.1. The quantitative estimate of drug-likeness (QED) is 0.469. The molecule has 6 nitrogen and oxygen atoms in total. The van der Waals surface area contributed by atoms with Gasteiger partial charge in [-0.05, 0) is 56.3 Å². The summed E-state index contributed by atoms with van der Waals surface area (Å²) in [5.74, 6) is 0.572. The van der Waals surface area contributed by atoms with E-state index in [0.717, 1.165) is 44.4 Å². The van der Waals surface area contributed by atoms with Gasteiger partial charge in [-0.1, -0.05) is 11.6 Å². The van der Waals surface area contributed by atoms with Gasteiger partial charge in [-0.15, -0.1) is 0 Å². The molecule has 2 aromatic heterocycles. The fourth-order valence-electron chi connectivity index (χ4n) is 3.49. The molecule has 0 aliphatic heterocycles. The summed E-state index contributed by atoms with van der Waals surface area (Å²) in [6.07, 6.45) is 0. The van der Waals surface area contributed by atoms with Crippen LogP contribution in [0.25, 0.3) is 33.1 Å². The fraction of sp³-hybridized carbons (Fsp3) is 0.217. The Hall–Kier alpha value is -3.38. The number of aryl methyl sites for hydroxylation is 1. The molecule has 0 radical (unpaired) electrons. The lowest BCUT2D eigenvalue weighted by molar-refractivity contribution is 0.0950. The van der Waals surface area contributed by atoms with E-state index in [1.807, 2.05) is 37.3 Å². The number of carbonyl (C=O) groups is 1. The second kappa shape index (κ2) is 7.93. The molecular weight excluding hydrogens is 364 g/mol. The van der Waals surface area contributed by atoms with E-state index in [-0.39, 0.29) is 5.91 Å². The Morgan fingerprint density at radius 3 is 2.66 bits per heavy atom. The molecule has 0 fully saturated rings. The molecular formula is C23H24N4O2. The highest BCUT2D eigenvalue weighted by Gasteiger charge is 2.17. The number of pyridine rings is 1. The van der Waals surface area contributed by atoms with Crippen LogP contribution >= 0.6 is 0 Å². The molecule has 4 aromatic rings. The van der Waals surface area contributed by atoms with Crippen molar-refractivity contribution in [2.75, 3.05) is 19.7 Å².